The van der Waals surface area contributed by atoms with Crippen LogP contribution >= 0.6 is 0 Å². The van der Waals surface area contributed by atoms with E-state index in [0.29, 0.717) is 0 Å². The lowest BCUT2D eigenvalue weighted by atomic mass is 9.98. The molecule has 1 heterocycles. The van der Waals surface area contributed by atoms with Gasteiger partial charge in [-0.2, -0.15) is 0 Å². The highest BCUT2D eigenvalue weighted by Crippen LogP contribution is 2.14. The van der Waals surface area contributed by atoms with Gasteiger partial charge < -0.3 is 15.5 Å². The molecule has 1 aromatic rings. The molecule has 2 N–H and O–H groups in total. The molecule has 2 atom stereocenters. The van der Waals surface area contributed by atoms with Gasteiger partial charge in [0.1, 0.15) is 6.04 Å². The second-order valence-corrected chi connectivity index (χ2v) is 5.86. The number of nitrogens with zero attached hydrogens (tertiary/aromatic N) is 1. The average molecular weight is 303 g/mol. The zero-order valence-corrected chi connectivity index (χ0v) is 13.3. The zero-order valence-electron chi connectivity index (χ0n) is 13.3. The van der Waals surface area contributed by atoms with Crippen molar-refractivity contribution in [2.75, 3.05) is 18.4 Å². The minimum Gasteiger partial charge on any atom is -0.326 e. The molecule has 1 aliphatic heterocycles. The second-order valence-electron chi connectivity index (χ2n) is 5.86. The molecule has 22 heavy (non-hydrogen) atoms. The van der Waals surface area contributed by atoms with Crippen molar-refractivity contribution in [2.45, 2.75) is 39.2 Å². The van der Waals surface area contributed by atoms with Crippen molar-refractivity contribution in [2.24, 2.45) is 5.92 Å². The number of carbonyl (C=O) groups excluding carboxylic acids is 2. The van der Waals surface area contributed by atoms with E-state index in [9.17, 15) is 9.59 Å². The zero-order chi connectivity index (χ0) is 15.9. The van der Waals surface area contributed by atoms with E-state index in [1.807, 2.05) is 44.2 Å². The van der Waals surface area contributed by atoms with Crippen LogP contribution in [0.1, 0.15) is 33.1 Å². The number of anilines is 1. The van der Waals surface area contributed by atoms with E-state index >= 15 is 0 Å². The lowest BCUT2D eigenvalue weighted by Gasteiger charge is -2.26. The Morgan fingerprint density at radius 2 is 1.82 bits per heavy atom. The van der Waals surface area contributed by atoms with Gasteiger partial charge in [0.05, 0.1) is 0 Å². The Bertz CT molecular complexity index is 498. The van der Waals surface area contributed by atoms with E-state index < -0.39 is 6.04 Å². The van der Waals surface area contributed by atoms with Crippen molar-refractivity contribution in [3.05, 3.63) is 30.3 Å². The van der Waals surface area contributed by atoms with Crippen LogP contribution in [0.15, 0.2) is 30.3 Å². The summed E-state index contributed by atoms with van der Waals surface area (Å²) >= 11 is 0. The normalized spacial score (nSPS) is 16.9. The topological polar surface area (TPSA) is 61.4 Å². The third-order valence-electron chi connectivity index (χ3n) is 4.21. The Kier molecular flexibility index (Phi) is 5.81. The molecule has 0 radical (unpaired) electrons. The Morgan fingerprint density at radius 3 is 2.41 bits per heavy atom. The number of hydrogen-bond acceptors (Lipinski definition) is 2. The Hall–Kier alpha value is -2.04. The van der Waals surface area contributed by atoms with E-state index in [4.69, 9.17) is 0 Å². The third kappa shape index (κ3) is 4.23. The monoisotopic (exact) mass is 303 g/mol. The standard InChI is InChI=1S/C17H25N3O2/c1-3-13(2)15(19-17(22)20-11-7-8-12-20)16(21)18-14-9-5-4-6-10-14/h4-6,9-10,13,15H,3,7-8,11-12H2,1-2H3,(H,18,21)(H,19,22)/t13-,15+/m1/s1. The predicted octanol–water partition coefficient (Wildman–Crippen LogP) is 2.85. The predicted molar refractivity (Wildman–Crippen MR) is 87.7 cm³/mol. The summed E-state index contributed by atoms with van der Waals surface area (Å²) in [5.74, 6) is -0.0802. The molecule has 1 aromatic carbocycles. The fourth-order valence-electron chi connectivity index (χ4n) is 2.59. The minimum atomic E-state index is -0.515. The summed E-state index contributed by atoms with van der Waals surface area (Å²) in [6.07, 6.45) is 2.91. The van der Waals surface area contributed by atoms with Crippen molar-refractivity contribution in [1.29, 1.82) is 0 Å². The molecule has 1 saturated heterocycles. The highest BCUT2D eigenvalue weighted by Gasteiger charge is 2.28. The van der Waals surface area contributed by atoms with Crippen LogP contribution in [0.2, 0.25) is 0 Å². The maximum atomic E-state index is 12.5. The summed E-state index contributed by atoms with van der Waals surface area (Å²) in [6.45, 7) is 5.56. The van der Waals surface area contributed by atoms with E-state index in [2.05, 4.69) is 10.6 Å². The average Bonchev–Trinajstić information content (AvgIpc) is 3.07. The van der Waals surface area contributed by atoms with Gasteiger partial charge in [0.15, 0.2) is 0 Å². The molecule has 120 valence electrons. The molecule has 2 rings (SSSR count). The van der Waals surface area contributed by atoms with Crippen molar-refractivity contribution in [3.63, 3.8) is 0 Å². The molecular weight excluding hydrogens is 278 g/mol. The van der Waals surface area contributed by atoms with Gasteiger partial charge in [-0.15, -0.1) is 0 Å². The first kappa shape index (κ1) is 16.3. The number of carbonyl (C=O) groups is 2. The summed E-state index contributed by atoms with van der Waals surface area (Å²) in [5, 5.41) is 5.79. The van der Waals surface area contributed by atoms with Crippen molar-refractivity contribution >= 4 is 17.6 Å². The van der Waals surface area contributed by atoms with Crippen LogP contribution in [-0.2, 0) is 4.79 Å². The Balaban J connectivity index is 2.01. The molecule has 0 aromatic heterocycles. The van der Waals surface area contributed by atoms with Crippen molar-refractivity contribution < 1.29 is 9.59 Å². The fraction of sp³-hybridized carbons (Fsp3) is 0.529. The fourth-order valence-corrected chi connectivity index (χ4v) is 2.59. The van der Waals surface area contributed by atoms with Gasteiger partial charge in [-0.1, -0.05) is 38.5 Å². The summed E-state index contributed by atoms with van der Waals surface area (Å²) in [5.41, 5.74) is 0.747. The van der Waals surface area contributed by atoms with Crippen LogP contribution in [0.3, 0.4) is 0 Å². The maximum absolute atomic E-state index is 12.5. The summed E-state index contributed by atoms with van der Waals surface area (Å²) < 4.78 is 0. The Labute approximate surface area is 132 Å². The third-order valence-corrected chi connectivity index (χ3v) is 4.21. The SMILES string of the molecule is CC[C@@H](C)[C@H](NC(=O)N1CCCC1)C(=O)Nc1ccccc1. The number of benzene rings is 1. The second kappa shape index (κ2) is 7.82. The van der Waals surface area contributed by atoms with Crippen LogP contribution in [-0.4, -0.2) is 36.0 Å². The number of amides is 3. The van der Waals surface area contributed by atoms with Gasteiger partial charge in [0, 0.05) is 18.8 Å². The van der Waals surface area contributed by atoms with Crippen LogP contribution in [0, 0.1) is 5.92 Å². The molecule has 5 nitrogen and oxygen atoms in total. The molecule has 0 spiro atoms. The molecule has 1 fully saturated rings. The van der Waals surface area contributed by atoms with Crippen LogP contribution in [0.25, 0.3) is 0 Å². The molecule has 5 heteroatoms. The molecule has 0 saturated carbocycles. The first-order valence-corrected chi connectivity index (χ1v) is 8.03. The maximum Gasteiger partial charge on any atom is 0.318 e. The number of para-hydroxylation sites is 1. The van der Waals surface area contributed by atoms with Gasteiger partial charge in [0.25, 0.3) is 0 Å². The quantitative estimate of drug-likeness (QED) is 0.878. The van der Waals surface area contributed by atoms with Crippen molar-refractivity contribution in [1.82, 2.24) is 10.2 Å². The number of rotatable bonds is 5. The van der Waals surface area contributed by atoms with Crippen LogP contribution in [0.5, 0.6) is 0 Å². The lowest BCUT2D eigenvalue weighted by Crippen LogP contribution is -2.51. The summed E-state index contributed by atoms with van der Waals surface area (Å²) in [4.78, 5) is 26.6. The van der Waals surface area contributed by atoms with Crippen LogP contribution < -0.4 is 10.6 Å². The van der Waals surface area contributed by atoms with Crippen molar-refractivity contribution in [3.8, 4) is 0 Å². The Morgan fingerprint density at radius 1 is 1.18 bits per heavy atom. The van der Waals surface area contributed by atoms with E-state index in [1.54, 1.807) is 4.90 Å². The van der Waals surface area contributed by atoms with E-state index in [-0.39, 0.29) is 17.9 Å². The van der Waals surface area contributed by atoms with Gasteiger partial charge in [-0.3, -0.25) is 4.79 Å². The molecular formula is C17H25N3O2. The number of nitrogens with one attached hydrogen (secondary N) is 2. The summed E-state index contributed by atoms with van der Waals surface area (Å²) in [7, 11) is 0. The van der Waals surface area contributed by atoms with E-state index in [0.717, 1.165) is 38.0 Å². The van der Waals surface area contributed by atoms with Crippen LogP contribution in [0.4, 0.5) is 10.5 Å². The number of hydrogen-bond donors (Lipinski definition) is 2. The summed E-state index contributed by atoms with van der Waals surface area (Å²) in [6, 6.07) is 8.68. The largest absolute Gasteiger partial charge is 0.326 e. The van der Waals surface area contributed by atoms with Gasteiger partial charge in [-0.25, -0.2) is 4.79 Å². The highest BCUT2D eigenvalue weighted by atomic mass is 16.2. The smallest absolute Gasteiger partial charge is 0.318 e. The first-order chi connectivity index (χ1) is 10.6. The lowest BCUT2D eigenvalue weighted by molar-refractivity contribution is -0.119. The minimum absolute atomic E-state index is 0.0789. The molecule has 0 unspecified atom stereocenters. The highest BCUT2D eigenvalue weighted by molar-refractivity contribution is 5.97. The van der Waals surface area contributed by atoms with E-state index in [1.165, 1.54) is 0 Å². The number of likely N-dealkylation sites (tertiary alicyclic amines) is 1. The first-order valence-electron chi connectivity index (χ1n) is 8.03. The van der Waals surface area contributed by atoms with Gasteiger partial charge >= 0.3 is 6.03 Å². The molecule has 0 aliphatic carbocycles. The molecule has 3 amide bonds. The molecule has 1 aliphatic rings. The van der Waals surface area contributed by atoms with Gasteiger partial charge in [-0.05, 0) is 30.9 Å². The van der Waals surface area contributed by atoms with Gasteiger partial charge in [0.2, 0.25) is 5.91 Å². The molecule has 0 bridgehead atoms. The number of urea groups is 1.